The number of aromatic nitrogens is 2. The van der Waals surface area contributed by atoms with Crippen molar-refractivity contribution >= 4 is 17.4 Å². The molecule has 0 atom stereocenters. The Morgan fingerprint density at radius 3 is 3.20 bits per heavy atom. The van der Waals surface area contributed by atoms with E-state index < -0.39 is 5.91 Å². The molecule has 0 saturated heterocycles. The Kier molecular flexibility index (Phi) is 1.93. The standard InChI is InChI=1S/C3H2N5OS/c4-7-6-3(9)2-1-10-8-5-2/h1,4H/q+1. The Labute approximate surface area is 59.3 Å². The van der Waals surface area contributed by atoms with Crippen molar-refractivity contribution in [3.63, 3.8) is 0 Å². The molecule has 6 nitrogen and oxygen atoms in total. The third-order valence-corrected chi connectivity index (χ3v) is 1.22. The zero-order valence-electron chi connectivity index (χ0n) is 4.68. The molecule has 0 saturated carbocycles. The lowest BCUT2D eigenvalue weighted by Crippen LogP contribution is -1.94. The van der Waals surface area contributed by atoms with Crippen LogP contribution >= 0.6 is 11.5 Å². The maximum atomic E-state index is 10.6. The van der Waals surface area contributed by atoms with Gasteiger partial charge in [-0.1, -0.05) is 4.49 Å². The molecule has 0 aliphatic heterocycles. The summed E-state index contributed by atoms with van der Waals surface area (Å²) in [5, 5.41) is 7.78. The smallest absolute Gasteiger partial charge is 0.257 e. The van der Waals surface area contributed by atoms with Gasteiger partial charge in [0.05, 0.1) is 0 Å². The molecule has 0 aliphatic rings. The van der Waals surface area contributed by atoms with Crippen LogP contribution in [0.25, 0.3) is 0 Å². The van der Waals surface area contributed by atoms with Gasteiger partial charge in [0.15, 0.2) is 5.69 Å². The summed E-state index contributed by atoms with van der Waals surface area (Å²) in [7, 11) is 0. The summed E-state index contributed by atoms with van der Waals surface area (Å²) in [4.78, 5) is 13.2. The number of nitrogens with one attached hydrogen (secondary N) is 1. The van der Waals surface area contributed by atoms with Crippen molar-refractivity contribution in [3.8, 4) is 0 Å². The minimum atomic E-state index is -0.635. The molecule has 10 heavy (non-hydrogen) atoms. The Balaban J connectivity index is 2.87. The molecule has 0 bridgehead atoms. The van der Waals surface area contributed by atoms with Crippen LogP contribution in [-0.4, -0.2) is 15.5 Å². The highest BCUT2D eigenvalue weighted by Gasteiger charge is 2.11. The SMILES string of the molecule is N=[N+]=NC(=O)c1csnn1. The molecular weight excluding hydrogens is 154 g/mol. The van der Waals surface area contributed by atoms with Crippen LogP contribution in [0.2, 0.25) is 0 Å². The Morgan fingerprint density at radius 1 is 1.90 bits per heavy atom. The molecule has 1 aromatic heterocycles. The number of nitrogens with zero attached hydrogens (tertiary/aromatic N) is 4. The van der Waals surface area contributed by atoms with Crippen molar-refractivity contribution in [2.45, 2.75) is 0 Å². The summed E-state index contributed by atoms with van der Waals surface area (Å²) in [6, 6.07) is 0. The maximum Gasteiger partial charge on any atom is 0.381 e. The zero-order valence-corrected chi connectivity index (χ0v) is 5.50. The van der Waals surface area contributed by atoms with E-state index in [1.807, 2.05) is 0 Å². The van der Waals surface area contributed by atoms with Gasteiger partial charge in [0, 0.05) is 5.38 Å². The van der Waals surface area contributed by atoms with Crippen LogP contribution in [0, 0.1) is 5.53 Å². The van der Waals surface area contributed by atoms with Crippen LogP contribution in [-0.2, 0) is 0 Å². The van der Waals surface area contributed by atoms with Crippen molar-refractivity contribution in [2.24, 2.45) is 5.11 Å². The topological polar surface area (TPSA) is 93.2 Å². The first-order valence-electron chi connectivity index (χ1n) is 2.23. The molecule has 0 aromatic carbocycles. The van der Waals surface area contributed by atoms with E-state index in [0.29, 0.717) is 0 Å². The first kappa shape index (κ1) is 6.66. The summed E-state index contributed by atoms with van der Waals surface area (Å²) < 4.78 is 3.43. The predicted octanol–water partition coefficient (Wildman–Crippen LogP) is 0.229. The quantitative estimate of drug-likeness (QED) is 0.465. The lowest BCUT2D eigenvalue weighted by Gasteiger charge is -1.70. The summed E-state index contributed by atoms with van der Waals surface area (Å²) in [5.41, 5.74) is 6.35. The fourth-order valence-electron chi connectivity index (χ4n) is 0.354. The lowest BCUT2D eigenvalue weighted by atomic mass is 10.5. The van der Waals surface area contributed by atoms with Gasteiger partial charge in [0.1, 0.15) is 5.53 Å². The minimum absolute atomic E-state index is 0.126. The number of carbonyl (C=O) groups excluding carboxylic acids is 1. The molecule has 50 valence electrons. The van der Waals surface area contributed by atoms with Crippen LogP contribution in [0.1, 0.15) is 10.5 Å². The van der Waals surface area contributed by atoms with Crippen molar-refractivity contribution in [1.82, 2.24) is 14.5 Å². The van der Waals surface area contributed by atoms with Crippen molar-refractivity contribution in [3.05, 3.63) is 11.1 Å². The number of hydrogen-bond acceptors (Lipinski definition) is 5. The normalized spacial score (nSPS) is 8.40. The fraction of sp³-hybridized carbons (Fsp3) is 0. The number of carbonyl (C=O) groups is 1. The van der Waals surface area contributed by atoms with Gasteiger partial charge in [-0.25, -0.2) is 0 Å². The fourth-order valence-corrected chi connectivity index (χ4v) is 0.784. The molecule has 0 aliphatic carbocycles. The number of amides is 1. The molecule has 1 N–H and O–H groups in total. The van der Waals surface area contributed by atoms with Crippen molar-refractivity contribution in [1.29, 1.82) is 5.53 Å². The van der Waals surface area contributed by atoms with Gasteiger partial charge in [0.25, 0.3) is 0 Å². The van der Waals surface area contributed by atoms with Gasteiger partial charge < -0.3 is 0 Å². The molecular formula is C3H2N5OS+. The molecule has 1 aromatic rings. The van der Waals surface area contributed by atoms with Gasteiger partial charge in [-0.05, 0) is 11.5 Å². The summed E-state index contributed by atoms with van der Waals surface area (Å²) in [5.74, 6) is -0.635. The lowest BCUT2D eigenvalue weighted by molar-refractivity contribution is 0.0987. The Bertz CT molecular complexity index is 273. The summed E-state index contributed by atoms with van der Waals surface area (Å²) in [6.45, 7) is 0. The van der Waals surface area contributed by atoms with Gasteiger partial charge in [-0.15, -0.1) is 5.10 Å². The zero-order chi connectivity index (χ0) is 7.40. The summed E-state index contributed by atoms with van der Waals surface area (Å²) in [6.07, 6.45) is 0. The van der Waals surface area contributed by atoms with E-state index in [1.165, 1.54) is 5.38 Å². The molecule has 1 heterocycles. The van der Waals surface area contributed by atoms with Crippen LogP contribution in [0.15, 0.2) is 10.5 Å². The van der Waals surface area contributed by atoms with Crippen molar-refractivity contribution in [2.75, 3.05) is 0 Å². The second-order valence-corrected chi connectivity index (χ2v) is 1.91. The molecule has 0 radical (unpaired) electrons. The molecule has 7 heteroatoms. The van der Waals surface area contributed by atoms with Gasteiger partial charge in [-0.2, -0.15) is 0 Å². The van der Waals surface area contributed by atoms with E-state index in [0.717, 1.165) is 11.5 Å². The highest BCUT2D eigenvalue weighted by molar-refractivity contribution is 7.03. The van der Waals surface area contributed by atoms with E-state index in [2.05, 4.69) is 19.6 Å². The largest absolute Gasteiger partial charge is 0.381 e. The van der Waals surface area contributed by atoms with Crippen LogP contribution < -0.4 is 4.91 Å². The molecule has 0 spiro atoms. The van der Waals surface area contributed by atoms with E-state index >= 15 is 0 Å². The van der Waals surface area contributed by atoms with Crippen LogP contribution in [0.5, 0.6) is 0 Å². The number of rotatable bonds is 1. The summed E-state index contributed by atoms with van der Waals surface area (Å²) >= 11 is 1.05. The van der Waals surface area contributed by atoms with Crippen molar-refractivity contribution < 1.29 is 4.79 Å². The van der Waals surface area contributed by atoms with Gasteiger partial charge in [-0.3, -0.25) is 4.79 Å². The third kappa shape index (κ3) is 1.28. The van der Waals surface area contributed by atoms with Crippen LogP contribution in [0.4, 0.5) is 0 Å². The second-order valence-electron chi connectivity index (χ2n) is 1.30. The monoisotopic (exact) mass is 156 g/mol. The van der Waals surface area contributed by atoms with E-state index in [1.54, 1.807) is 0 Å². The Morgan fingerprint density at radius 2 is 2.70 bits per heavy atom. The predicted molar refractivity (Wildman–Crippen MR) is 31.5 cm³/mol. The average Bonchev–Trinajstić information content (AvgIpc) is 2.38. The highest BCUT2D eigenvalue weighted by atomic mass is 32.1. The van der Waals surface area contributed by atoms with Crippen LogP contribution in [0.3, 0.4) is 0 Å². The maximum absolute atomic E-state index is 10.6. The second kappa shape index (κ2) is 2.90. The number of hydrogen-bond donors (Lipinski definition) is 1. The van der Waals surface area contributed by atoms with E-state index in [-0.39, 0.29) is 5.69 Å². The van der Waals surface area contributed by atoms with E-state index in [4.69, 9.17) is 5.53 Å². The highest BCUT2D eigenvalue weighted by Crippen LogP contribution is 1.97. The molecule has 1 amide bonds. The van der Waals surface area contributed by atoms with E-state index in [9.17, 15) is 4.79 Å². The third-order valence-electron chi connectivity index (χ3n) is 0.720. The first-order valence-corrected chi connectivity index (χ1v) is 3.07. The van der Waals surface area contributed by atoms with Gasteiger partial charge in [0.2, 0.25) is 10.0 Å². The first-order chi connectivity index (χ1) is 4.84. The minimum Gasteiger partial charge on any atom is -0.257 e. The molecule has 0 fully saturated rings. The average molecular weight is 156 g/mol. The molecule has 0 unspecified atom stereocenters. The van der Waals surface area contributed by atoms with Gasteiger partial charge >= 0.3 is 5.91 Å². The molecule has 1 rings (SSSR count). The Hall–Kier alpha value is -1.46.